The average molecular weight is 326 g/mol. The number of esters is 1. The molecule has 0 aliphatic carbocycles. The first kappa shape index (κ1) is 18.1. The molecular formula is C21H26O3. The Kier molecular flexibility index (Phi) is 6.02. The van der Waals surface area contributed by atoms with Crippen molar-refractivity contribution in [2.45, 2.75) is 52.6 Å². The van der Waals surface area contributed by atoms with Crippen molar-refractivity contribution in [2.24, 2.45) is 0 Å². The molecule has 2 aromatic carbocycles. The van der Waals surface area contributed by atoms with Crippen LogP contribution in [0.15, 0.2) is 48.5 Å². The molecule has 0 atom stereocenters. The number of benzene rings is 2. The molecule has 3 heteroatoms. The summed E-state index contributed by atoms with van der Waals surface area (Å²) in [6.45, 7) is 7.71. The average Bonchev–Trinajstić information content (AvgIpc) is 2.49. The van der Waals surface area contributed by atoms with Crippen LogP contribution < -0.4 is 4.74 Å². The fourth-order valence-corrected chi connectivity index (χ4v) is 2.30. The van der Waals surface area contributed by atoms with Gasteiger partial charge < -0.3 is 9.47 Å². The Morgan fingerprint density at radius 2 is 1.46 bits per heavy atom. The van der Waals surface area contributed by atoms with E-state index in [4.69, 9.17) is 9.47 Å². The van der Waals surface area contributed by atoms with Crippen LogP contribution in [0.2, 0.25) is 0 Å². The van der Waals surface area contributed by atoms with E-state index in [2.05, 4.69) is 6.92 Å². The van der Waals surface area contributed by atoms with Gasteiger partial charge in [0.1, 0.15) is 17.1 Å². The first-order valence-electron chi connectivity index (χ1n) is 8.37. The van der Waals surface area contributed by atoms with Gasteiger partial charge in [-0.2, -0.15) is 0 Å². The van der Waals surface area contributed by atoms with Gasteiger partial charge in [0.15, 0.2) is 0 Å². The molecular weight excluding hydrogens is 300 g/mol. The van der Waals surface area contributed by atoms with Gasteiger partial charge in [0.25, 0.3) is 0 Å². The molecule has 0 aliphatic heterocycles. The highest BCUT2D eigenvalue weighted by molar-refractivity contribution is 5.69. The second-order valence-corrected chi connectivity index (χ2v) is 7.00. The number of carbonyl (C=O) groups is 1. The third-order valence-electron chi connectivity index (χ3n) is 3.45. The van der Waals surface area contributed by atoms with Gasteiger partial charge in [0, 0.05) is 6.42 Å². The van der Waals surface area contributed by atoms with Crippen molar-refractivity contribution in [1.29, 1.82) is 0 Å². The van der Waals surface area contributed by atoms with Crippen LogP contribution >= 0.6 is 0 Å². The van der Waals surface area contributed by atoms with E-state index in [1.165, 1.54) is 11.1 Å². The molecule has 0 fully saturated rings. The molecule has 0 heterocycles. The first-order chi connectivity index (χ1) is 11.3. The number of rotatable bonds is 6. The van der Waals surface area contributed by atoms with Crippen LogP contribution in [0.5, 0.6) is 11.5 Å². The molecule has 0 bridgehead atoms. The topological polar surface area (TPSA) is 35.5 Å². The summed E-state index contributed by atoms with van der Waals surface area (Å²) in [7, 11) is 0. The monoisotopic (exact) mass is 326 g/mol. The van der Waals surface area contributed by atoms with Crippen molar-refractivity contribution >= 4 is 5.97 Å². The zero-order chi connectivity index (χ0) is 17.6. The van der Waals surface area contributed by atoms with Crippen molar-refractivity contribution in [1.82, 2.24) is 0 Å². The zero-order valence-electron chi connectivity index (χ0n) is 15.0. The fraction of sp³-hybridized carbons (Fsp3) is 0.381. The molecule has 0 saturated heterocycles. The maximum Gasteiger partial charge on any atom is 0.306 e. The molecule has 2 rings (SSSR count). The van der Waals surface area contributed by atoms with Crippen LogP contribution in [-0.2, 0) is 16.0 Å². The Bertz CT molecular complexity index is 649. The molecule has 128 valence electrons. The standard InChI is InChI=1S/C21H26O3/c1-16-8-12-18(13-9-16)23-19-14-10-17(11-15-19)6-5-7-20(22)24-21(2,3)4/h8-15H,5-7H2,1-4H3. The lowest BCUT2D eigenvalue weighted by Crippen LogP contribution is -2.23. The van der Waals surface area contributed by atoms with Crippen molar-refractivity contribution in [2.75, 3.05) is 0 Å². The summed E-state index contributed by atoms with van der Waals surface area (Å²) in [5.74, 6) is 1.51. The number of carbonyl (C=O) groups excluding carboxylic acids is 1. The summed E-state index contributed by atoms with van der Waals surface area (Å²) in [5, 5.41) is 0. The fourth-order valence-electron chi connectivity index (χ4n) is 2.30. The molecule has 0 saturated carbocycles. The predicted molar refractivity (Wildman–Crippen MR) is 96.5 cm³/mol. The molecule has 3 nitrogen and oxygen atoms in total. The number of hydrogen-bond acceptors (Lipinski definition) is 3. The molecule has 0 spiro atoms. The van der Waals surface area contributed by atoms with Crippen LogP contribution in [0.3, 0.4) is 0 Å². The normalized spacial score (nSPS) is 11.2. The zero-order valence-corrected chi connectivity index (χ0v) is 15.0. The van der Waals surface area contributed by atoms with E-state index in [0.29, 0.717) is 6.42 Å². The molecule has 2 aromatic rings. The largest absolute Gasteiger partial charge is 0.460 e. The van der Waals surface area contributed by atoms with Gasteiger partial charge in [-0.25, -0.2) is 0 Å². The molecule has 0 aliphatic rings. The summed E-state index contributed by atoms with van der Waals surface area (Å²) < 4.78 is 11.1. The van der Waals surface area contributed by atoms with E-state index >= 15 is 0 Å². The summed E-state index contributed by atoms with van der Waals surface area (Å²) in [4.78, 5) is 11.7. The smallest absolute Gasteiger partial charge is 0.306 e. The summed E-state index contributed by atoms with van der Waals surface area (Å²) >= 11 is 0. The van der Waals surface area contributed by atoms with Crippen molar-refractivity contribution in [3.63, 3.8) is 0 Å². The van der Waals surface area contributed by atoms with E-state index in [1.54, 1.807) is 0 Å². The SMILES string of the molecule is Cc1ccc(Oc2ccc(CCCC(=O)OC(C)(C)C)cc2)cc1. The second-order valence-electron chi connectivity index (χ2n) is 7.00. The summed E-state index contributed by atoms with van der Waals surface area (Å²) in [6, 6.07) is 16.0. The highest BCUT2D eigenvalue weighted by Gasteiger charge is 2.15. The third-order valence-corrected chi connectivity index (χ3v) is 3.45. The Labute approximate surface area is 144 Å². The van der Waals surface area contributed by atoms with E-state index in [9.17, 15) is 4.79 Å². The van der Waals surface area contributed by atoms with Gasteiger partial charge in [-0.1, -0.05) is 29.8 Å². The van der Waals surface area contributed by atoms with E-state index in [1.807, 2.05) is 69.3 Å². The Hall–Kier alpha value is -2.29. The van der Waals surface area contributed by atoms with Gasteiger partial charge in [0.05, 0.1) is 0 Å². The summed E-state index contributed by atoms with van der Waals surface area (Å²) in [5.41, 5.74) is 1.99. The minimum absolute atomic E-state index is 0.137. The maximum absolute atomic E-state index is 11.7. The highest BCUT2D eigenvalue weighted by atomic mass is 16.6. The van der Waals surface area contributed by atoms with E-state index < -0.39 is 5.60 Å². The Balaban J connectivity index is 1.79. The van der Waals surface area contributed by atoms with Gasteiger partial charge in [0.2, 0.25) is 0 Å². The highest BCUT2D eigenvalue weighted by Crippen LogP contribution is 2.22. The number of ether oxygens (including phenoxy) is 2. The summed E-state index contributed by atoms with van der Waals surface area (Å²) in [6.07, 6.45) is 2.08. The first-order valence-corrected chi connectivity index (χ1v) is 8.37. The van der Waals surface area contributed by atoms with Crippen LogP contribution in [-0.4, -0.2) is 11.6 Å². The molecule has 0 radical (unpaired) electrons. The predicted octanol–water partition coefficient (Wildman–Crippen LogP) is 5.45. The number of hydrogen-bond donors (Lipinski definition) is 0. The van der Waals surface area contributed by atoms with Gasteiger partial charge in [-0.3, -0.25) is 4.79 Å². The van der Waals surface area contributed by atoms with E-state index in [-0.39, 0.29) is 5.97 Å². The lowest BCUT2D eigenvalue weighted by molar-refractivity contribution is -0.154. The van der Waals surface area contributed by atoms with Crippen LogP contribution in [0.1, 0.15) is 44.7 Å². The molecule has 0 unspecified atom stereocenters. The van der Waals surface area contributed by atoms with Gasteiger partial charge in [-0.05, 0) is 70.4 Å². The second kappa shape index (κ2) is 8.00. The maximum atomic E-state index is 11.7. The Morgan fingerprint density at radius 1 is 0.917 bits per heavy atom. The van der Waals surface area contributed by atoms with Crippen LogP contribution in [0, 0.1) is 6.92 Å². The Morgan fingerprint density at radius 3 is 2.00 bits per heavy atom. The van der Waals surface area contributed by atoms with E-state index in [0.717, 1.165) is 24.3 Å². The quantitative estimate of drug-likeness (QED) is 0.662. The molecule has 24 heavy (non-hydrogen) atoms. The third kappa shape index (κ3) is 6.45. The van der Waals surface area contributed by atoms with Crippen molar-refractivity contribution in [3.8, 4) is 11.5 Å². The van der Waals surface area contributed by atoms with Crippen molar-refractivity contribution in [3.05, 3.63) is 59.7 Å². The molecule has 0 N–H and O–H groups in total. The lowest BCUT2D eigenvalue weighted by atomic mass is 10.1. The lowest BCUT2D eigenvalue weighted by Gasteiger charge is -2.19. The minimum Gasteiger partial charge on any atom is -0.460 e. The molecule has 0 aromatic heterocycles. The van der Waals surface area contributed by atoms with Gasteiger partial charge >= 0.3 is 5.97 Å². The van der Waals surface area contributed by atoms with Crippen molar-refractivity contribution < 1.29 is 14.3 Å². The van der Waals surface area contributed by atoms with Crippen LogP contribution in [0.4, 0.5) is 0 Å². The minimum atomic E-state index is -0.411. The van der Waals surface area contributed by atoms with Crippen LogP contribution in [0.25, 0.3) is 0 Å². The van der Waals surface area contributed by atoms with Gasteiger partial charge in [-0.15, -0.1) is 0 Å². The number of aryl methyl sites for hydroxylation is 2. The molecule has 0 amide bonds.